The van der Waals surface area contributed by atoms with Crippen LogP contribution in [0.3, 0.4) is 0 Å². The maximum absolute atomic E-state index is 6.04. The van der Waals surface area contributed by atoms with E-state index in [0.29, 0.717) is 11.9 Å². The highest BCUT2D eigenvalue weighted by Gasteiger charge is 2.13. The van der Waals surface area contributed by atoms with Crippen LogP contribution in [0.2, 0.25) is 5.02 Å². The third-order valence-corrected chi connectivity index (χ3v) is 3.44. The normalized spacial score (nSPS) is 11.1. The summed E-state index contributed by atoms with van der Waals surface area (Å²) >= 11 is 5.88. The Morgan fingerprint density at radius 1 is 1.22 bits per heavy atom. The molecule has 1 aromatic heterocycles. The predicted molar refractivity (Wildman–Crippen MR) is 76.7 cm³/mol. The van der Waals surface area contributed by atoms with E-state index in [0.717, 1.165) is 29.1 Å². The summed E-state index contributed by atoms with van der Waals surface area (Å²) in [7, 11) is 0. The van der Waals surface area contributed by atoms with Crippen LogP contribution >= 0.6 is 11.6 Å². The van der Waals surface area contributed by atoms with Gasteiger partial charge in [0.15, 0.2) is 0 Å². The summed E-state index contributed by atoms with van der Waals surface area (Å²) in [5.41, 5.74) is 7.97. The number of aromatic nitrogens is 2. The van der Waals surface area contributed by atoms with Crippen LogP contribution in [0.15, 0.2) is 30.3 Å². The van der Waals surface area contributed by atoms with E-state index in [9.17, 15) is 0 Å². The topological polar surface area (TPSA) is 43.8 Å². The second-order valence-corrected chi connectivity index (χ2v) is 4.81. The maximum Gasteiger partial charge on any atom is 0.122 e. The Labute approximate surface area is 113 Å². The first-order valence-corrected chi connectivity index (χ1v) is 6.64. The molecule has 2 aromatic rings. The van der Waals surface area contributed by atoms with Crippen LogP contribution in [0, 0.1) is 0 Å². The summed E-state index contributed by atoms with van der Waals surface area (Å²) in [5, 5.41) is 5.33. The highest BCUT2D eigenvalue weighted by Crippen LogP contribution is 2.26. The van der Waals surface area contributed by atoms with E-state index < -0.39 is 0 Å². The van der Waals surface area contributed by atoms with Gasteiger partial charge in [0.2, 0.25) is 0 Å². The summed E-state index contributed by atoms with van der Waals surface area (Å²) in [6, 6.07) is 9.93. The Balaban J connectivity index is 2.36. The van der Waals surface area contributed by atoms with Crippen LogP contribution in [0.1, 0.15) is 32.7 Å². The highest BCUT2D eigenvalue weighted by atomic mass is 35.5. The molecule has 0 saturated heterocycles. The fourth-order valence-electron chi connectivity index (χ4n) is 2.10. The molecule has 0 spiro atoms. The first-order chi connectivity index (χ1) is 8.65. The van der Waals surface area contributed by atoms with Crippen molar-refractivity contribution in [3.63, 3.8) is 0 Å². The molecule has 3 nitrogen and oxygen atoms in total. The van der Waals surface area contributed by atoms with E-state index in [4.69, 9.17) is 17.3 Å². The van der Waals surface area contributed by atoms with Crippen LogP contribution < -0.4 is 5.73 Å². The molecule has 0 fully saturated rings. The molecule has 18 heavy (non-hydrogen) atoms. The van der Waals surface area contributed by atoms with E-state index in [1.807, 2.05) is 35.0 Å². The average molecular weight is 264 g/mol. The Morgan fingerprint density at radius 2 is 1.83 bits per heavy atom. The van der Waals surface area contributed by atoms with Gasteiger partial charge in [0.25, 0.3) is 0 Å². The van der Waals surface area contributed by atoms with Crippen molar-refractivity contribution in [3.8, 4) is 11.3 Å². The quantitative estimate of drug-likeness (QED) is 0.901. The molecule has 0 aliphatic rings. The van der Waals surface area contributed by atoms with Gasteiger partial charge < -0.3 is 5.73 Å². The minimum atomic E-state index is 0.367. The van der Waals surface area contributed by atoms with Crippen molar-refractivity contribution in [2.75, 3.05) is 5.73 Å². The molecule has 0 atom stereocenters. The van der Waals surface area contributed by atoms with Gasteiger partial charge in [0.05, 0.1) is 11.7 Å². The molecule has 1 heterocycles. The van der Waals surface area contributed by atoms with Crippen molar-refractivity contribution >= 4 is 17.4 Å². The van der Waals surface area contributed by atoms with Crippen molar-refractivity contribution in [1.29, 1.82) is 0 Å². The van der Waals surface area contributed by atoms with E-state index in [1.165, 1.54) is 0 Å². The molecule has 0 bridgehead atoms. The minimum Gasteiger partial charge on any atom is -0.384 e. The van der Waals surface area contributed by atoms with E-state index in [2.05, 4.69) is 18.9 Å². The van der Waals surface area contributed by atoms with Gasteiger partial charge in [-0.15, -0.1) is 0 Å². The lowest BCUT2D eigenvalue weighted by Gasteiger charge is -2.14. The lowest BCUT2D eigenvalue weighted by Crippen LogP contribution is -2.11. The van der Waals surface area contributed by atoms with Crippen LogP contribution in [0.25, 0.3) is 11.3 Å². The third kappa shape index (κ3) is 2.51. The molecule has 0 aliphatic carbocycles. The molecule has 1 aromatic carbocycles. The molecule has 0 saturated carbocycles. The smallest absolute Gasteiger partial charge is 0.122 e. The third-order valence-electron chi connectivity index (χ3n) is 3.19. The monoisotopic (exact) mass is 263 g/mol. The second-order valence-electron chi connectivity index (χ2n) is 4.38. The molecule has 2 rings (SSSR count). The van der Waals surface area contributed by atoms with Crippen LogP contribution in [0.5, 0.6) is 0 Å². The Bertz CT molecular complexity index is 512. The zero-order valence-electron chi connectivity index (χ0n) is 10.7. The zero-order chi connectivity index (χ0) is 13.1. The Kier molecular flexibility index (Phi) is 3.92. The van der Waals surface area contributed by atoms with Gasteiger partial charge >= 0.3 is 0 Å². The number of hydrogen-bond donors (Lipinski definition) is 1. The highest BCUT2D eigenvalue weighted by molar-refractivity contribution is 6.30. The fourth-order valence-corrected chi connectivity index (χ4v) is 2.22. The van der Waals surface area contributed by atoms with Gasteiger partial charge in [0.1, 0.15) is 5.82 Å². The maximum atomic E-state index is 6.04. The average Bonchev–Trinajstić information content (AvgIpc) is 2.74. The molecule has 0 aliphatic heterocycles. The number of nitrogen functional groups attached to an aromatic ring is 1. The van der Waals surface area contributed by atoms with Crippen LogP contribution in [0.4, 0.5) is 5.82 Å². The molecule has 96 valence electrons. The summed E-state index contributed by atoms with van der Waals surface area (Å²) in [4.78, 5) is 0. The van der Waals surface area contributed by atoms with Crippen LogP contribution in [-0.4, -0.2) is 9.78 Å². The fraction of sp³-hybridized carbons (Fsp3) is 0.357. The van der Waals surface area contributed by atoms with Crippen molar-refractivity contribution in [1.82, 2.24) is 9.78 Å². The Morgan fingerprint density at radius 3 is 2.39 bits per heavy atom. The summed E-state index contributed by atoms with van der Waals surface area (Å²) < 4.78 is 1.92. The molecule has 0 unspecified atom stereocenters. The van der Waals surface area contributed by atoms with Gasteiger partial charge in [0, 0.05) is 16.7 Å². The number of nitrogens with two attached hydrogens (primary N) is 1. The van der Waals surface area contributed by atoms with Crippen molar-refractivity contribution in [3.05, 3.63) is 35.4 Å². The minimum absolute atomic E-state index is 0.367. The first-order valence-electron chi connectivity index (χ1n) is 6.26. The van der Waals surface area contributed by atoms with Gasteiger partial charge in [-0.25, -0.2) is 4.68 Å². The number of hydrogen-bond acceptors (Lipinski definition) is 2. The molecule has 4 heteroatoms. The summed E-state index contributed by atoms with van der Waals surface area (Å²) in [5.74, 6) is 0.716. The van der Waals surface area contributed by atoms with Gasteiger partial charge in [-0.3, -0.25) is 0 Å². The predicted octanol–water partition coefficient (Wildman–Crippen LogP) is 4.15. The second kappa shape index (κ2) is 5.44. The molecule has 0 amide bonds. The number of nitrogens with zero attached hydrogens (tertiary/aromatic N) is 2. The Hall–Kier alpha value is -1.48. The van der Waals surface area contributed by atoms with E-state index in [-0.39, 0.29) is 0 Å². The van der Waals surface area contributed by atoms with Crippen LogP contribution in [-0.2, 0) is 0 Å². The number of halogens is 1. The first kappa shape index (κ1) is 13.0. The standard InChI is InChI=1S/C14H18ClN3/c1-3-12(4-2)18-14(16)9-13(17-18)10-5-7-11(15)8-6-10/h5-9,12H,3-4,16H2,1-2H3. The molecular formula is C14H18ClN3. The number of rotatable bonds is 4. The molecule has 2 N–H and O–H groups in total. The lowest BCUT2D eigenvalue weighted by molar-refractivity contribution is 0.435. The summed E-state index contributed by atoms with van der Waals surface area (Å²) in [6.45, 7) is 4.30. The van der Waals surface area contributed by atoms with Gasteiger partial charge in [-0.2, -0.15) is 5.10 Å². The van der Waals surface area contributed by atoms with E-state index >= 15 is 0 Å². The largest absolute Gasteiger partial charge is 0.384 e. The number of anilines is 1. The summed E-state index contributed by atoms with van der Waals surface area (Å²) in [6.07, 6.45) is 2.06. The van der Waals surface area contributed by atoms with Crippen molar-refractivity contribution in [2.45, 2.75) is 32.7 Å². The molecular weight excluding hydrogens is 246 g/mol. The van der Waals surface area contributed by atoms with Crippen molar-refractivity contribution < 1.29 is 0 Å². The van der Waals surface area contributed by atoms with E-state index in [1.54, 1.807) is 0 Å². The zero-order valence-corrected chi connectivity index (χ0v) is 11.5. The SMILES string of the molecule is CCC(CC)n1nc(-c2ccc(Cl)cc2)cc1N. The lowest BCUT2D eigenvalue weighted by atomic mass is 10.1. The van der Waals surface area contributed by atoms with Crippen molar-refractivity contribution in [2.24, 2.45) is 0 Å². The number of benzene rings is 1. The van der Waals surface area contributed by atoms with Gasteiger partial charge in [-0.1, -0.05) is 37.6 Å². The van der Waals surface area contributed by atoms with Gasteiger partial charge in [-0.05, 0) is 25.0 Å². The molecule has 0 radical (unpaired) electrons.